The van der Waals surface area contributed by atoms with Crippen molar-refractivity contribution in [3.05, 3.63) is 23.8 Å². The molecule has 2 unspecified atom stereocenters. The quantitative estimate of drug-likeness (QED) is 0.831. The minimum absolute atomic E-state index is 0.205. The van der Waals surface area contributed by atoms with Crippen molar-refractivity contribution in [2.24, 2.45) is 5.92 Å². The number of hydrogen-bond donors (Lipinski definition) is 1. The van der Waals surface area contributed by atoms with Gasteiger partial charge in [-0.2, -0.15) is 0 Å². The van der Waals surface area contributed by atoms with Gasteiger partial charge in [0.25, 0.3) is 0 Å². The fourth-order valence-electron chi connectivity index (χ4n) is 2.34. The third kappa shape index (κ3) is 1.65. The molecule has 16 heavy (non-hydrogen) atoms. The van der Waals surface area contributed by atoms with Crippen LogP contribution < -0.4 is 9.47 Å². The van der Waals surface area contributed by atoms with E-state index in [9.17, 15) is 5.11 Å². The van der Waals surface area contributed by atoms with Gasteiger partial charge < -0.3 is 14.6 Å². The molecular formula is C13H16O3. The van der Waals surface area contributed by atoms with Crippen LogP contribution in [-0.2, 0) is 0 Å². The van der Waals surface area contributed by atoms with Crippen molar-refractivity contribution in [2.75, 3.05) is 7.11 Å². The molecular weight excluding hydrogens is 204 g/mol. The molecule has 1 heterocycles. The minimum Gasteiger partial charge on any atom is -0.497 e. The Kier molecular flexibility index (Phi) is 2.28. The third-order valence-corrected chi connectivity index (χ3v) is 3.46. The van der Waals surface area contributed by atoms with Crippen LogP contribution in [0.1, 0.15) is 30.9 Å². The lowest BCUT2D eigenvalue weighted by Crippen LogP contribution is -2.27. The molecule has 0 bridgehead atoms. The third-order valence-electron chi connectivity index (χ3n) is 3.46. The lowest BCUT2D eigenvalue weighted by atomic mass is 9.96. The van der Waals surface area contributed by atoms with Crippen molar-refractivity contribution < 1.29 is 14.6 Å². The Balaban J connectivity index is 1.90. The Bertz CT molecular complexity index is 398. The zero-order valence-corrected chi connectivity index (χ0v) is 9.35. The first-order valence-corrected chi connectivity index (χ1v) is 5.80. The Morgan fingerprint density at radius 1 is 1.38 bits per heavy atom. The van der Waals surface area contributed by atoms with Crippen molar-refractivity contribution in [1.82, 2.24) is 0 Å². The summed E-state index contributed by atoms with van der Waals surface area (Å²) >= 11 is 0. The normalized spacial score (nSPS) is 28.1. The zero-order valence-electron chi connectivity index (χ0n) is 9.35. The molecule has 1 saturated carbocycles. The van der Waals surface area contributed by atoms with Gasteiger partial charge in [-0.05, 0) is 37.0 Å². The number of ether oxygens (including phenoxy) is 2. The predicted molar refractivity (Wildman–Crippen MR) is 59.7 cm³/mol. The molecule has 1 aromatic rings. The Morgan fingerprint density at radius 3 is 2.88 bits per heavy atom. The molecule has 3 nitrogen and oxygen atoms in total. The SMILES string of the molecule is COc1ccc2c(c1)C(O)CC(C1CC1)O2. The second kappa shape index (κ2) is 3.67. The first kappa shape index (κ1) is 9.97. The largest absolute Gasteiger partial charge is 0.497 e. The summed E-state index contributed by atoms with van der Waals surface area (Å²) in [5, 5.41) is 10.1. The van der Waals surface area contributed by atoms with Crippen LogP contribution in [0.5, 0.6) is 11.5 Å². The average molecular weight is 220 g/mol. The van der Waals surface area contributed by atoms with Crippen molar-refractivity contribution in [3.8, 4) is 11.5 Å². The van der Waals surface area contributed by atoms with Crippen molar-refractivity contribution in [3.63, 3.8) is 0 Å². The number of rotatable bonds is 2. The molecule has 2 aliphatic rings. The summed E-state index contributed by atoms with van der Waals surface area (Å²) in [6.07, 6.45) is 2.98. The Labute approximate surface area is 95.0 Å². The van der Waals surface area contributed by atoms with Gasteiger partial charge in [-0.15, -0.1) is 0 Å². The highest BCUT2D eigenvalue weighted by molar-refractivity contribution is 5.43. The van der Waals surface area contributed by atoms with Crippen LogP contribution in [0.25, 0.3) is 0 Å². The molecule has 1 aromatic carbocycles. The number of fused-ring (bicyclic) bond motifs is 1. The van der Waals surface area contributed by atoms with E-state index >= 15 is 0 Å². The summed E-state index contributed by atoms with van der Waals surface area (Å²) < 4.78 is 11.1. The topological polar surface area (TPSA) is 38.7 Å². The fourth-order valence-corrected chi connectivity index (χ4v) is 2.34. The number of methoxy groups -OCH3 is 1. The predicted octanol–water partition coefficient (Wildman–Crippen LogP) is 2.29. The van der Waals surface area contributed by atoms with Gasteiger partial charge in [0, 0.05) is 12.0 Å². The van der Waals surface area contributed by atoms with Gasteiger partial charge in [0.05, 0.1) is 13.2 Å². The lowest BCUT2D eigenvalue weighted by Gasteiger charge is -2.29. The maximum atomic E-state index is 10.1. The van der Waals surface area contributed by atoms with Crippen molar-refractivity contribution in [1.29, 1.82) is 0 Å². The summed E-state index contributed by atoms with van der Waals surface area (Å²) in [6, 6.07) is 5.63. The Hall–Kier alpha value is -1.22. The number of aliphatic hydroxyl groups is 1. The van der Waals surface area contributed by atoms with Crippen LogP contribution >= 0.6 is 0 Å². The van der Waals surface area contributed by atoms with Crippen LogP contribution in [-0.4, -0.2) is 18.3 Å². The lowest BCUT2D eigenvalue weighted by molar-refractivity contribution is 0.0548. The molecule has 3 rings (SSSR count). The molecule has 1 N–H and O–H groups in total. The maximum absolute atomic E-state index is 10.1. The molecule has 0 spiro atoms. The van der Waals surface area contributed by atoms with Gasteiger partial charge in [0.15, 0.2) is 0 Å². The van der Waals surface area contributed by atoms with E-state index < -0.39 is 6.10 Å². The molecule has 86 valence electrons. The van der Waals surface area contributed by atoms with Gasteiger partial charge in [-0.25, -0.2) is 0 Å². The van der Waals surface area contributed by atoms with E-state index in [1.165, 1.54) is 12.8 Å². The van der Waals surface area contributed by atoms with Gasteiger partial charge in [0.2, 0.25) is 0 Å². The summed E-state index contributed by atoms with van der Waals surface area (Å²) in [7, 11) is 1.63. The number of aliphatic hydroxyl groups excluding tert-OH is 1. The van der Waals surface area contributed by atoms with Crippen LogP contribution in [0.4, 0.5) is 0 Å². The highest BCUT2D eigenvalue weighted by Gasteiger charge is 2.38. The van der Waals surface area contributed by atoms with E-state index in [4.69, 9.17) is 9.47 Å². The van der Waals surface area contributed by atoms with Gasteiger partial charge in [0.1, 0.15) is 17.6 Å². The molecule has 1 aliphatic heterocycles. The van der Waals surface area contributed by atoms with Crippen LogP contribution in [0.3, 0.4) is 0 Å². The average Bonchev–Trinajstić information content (AvgIpc) is 3.12. The summed E-state index contributed by atoms with van der Waals surface area (Å²) in [5.41, 5.74) is 0.858. The summed E-state index contributed by atoms with van der Waals surface area (Å²) in [4.78, 5) is 0. The molecule has 0 aromatic heterocycles. The number of benzene rings is 1. The molecule has 1 aliphatic carbocycles. The van der Waals surface area contributed by atoms with Gasteiger partial charge >= 0.3 is 0 Å². The van der Waals surface area contributed by atoms with E-state index in [1.807, 2.05) is 18.2 Å². The molecule has 2 atom stereocenters. The van der Waals surface area contributed by atoms with E-state index in [0.29, 0.717) is 12.3 Å². The molecule has 0 radical (unpaired) electrons. The first-order chi connectivity index (χ1) is 7.78. The molecule has 1 fully saturated rings. The highest BCUT2D eigenvalue weighted by atomic mass is 16.5. The van der Waals surface area contributed by atoms with E-state index in [-0.39, 0.29) is 6.10 Å². The van der Waals surface area contributed by atoms with Crippen LogP contribution in [0, 0.1) is 5.92 Å². The van der Waals surface area contributed by atoms with Crippen LogP contribution in [0.2, 0.25) is 0 Å². The molecule has 0 amide bonds. The second-order valence-corrected chi connectivity index (χ2v) is 4.65. The van der Waals surface area contributed by atoms with Crippen molar-refractivity contribution in [2.45, 2.75) is 31.5 Å². The van der Waals surface area contributed by atoms with E-state index in [1.54, 1.807) is 7.11 Å². The fraction of sp³-hybridized carbons (Fsp3) is 0.538. The standard InChI is InChI=1S/C13H16O3/c1-15-9-4-5-12-10(6-9)11(14)7-13(16-12)8-2-3-8/h4-6,8,11,13-14H,2-3,7H2,1H3. The highest BCUT2D eigenvalue weighted by Crippen LogP contribution is 2.44. The molecule has 0 saturated heterocycles. The van der Waals surface area contributed by atoms with Gasteiger partial charge in [-0.3, -0.25) is 0 Å². The van der Waals surface area contributed by atoms with Crippen LogP contribution in [0.15, 0.2) is 18.2 Å². The van der Waals surface area contributed by atoms with Gasteiger partial charge in [-0.1, -0.05) is 0 Å². The maximum Gasteiger partial charge on any atom is 0.125 e. The molecule has 3 heteroatoms. The van der Waals surface area contributed by atoms with E-state index in [0.717, 1.165) is 17.1 Å². The second-order valence-electron chi connectivity index (χ2n) is 4.65. The summed E-state index contributed by atoms with van der Waals surface area (Å²) in [6.45, 7) is 0. The smallest absolute Gasteiger partial charge is 0.125 e. The van der Waals surface area contributed by atoms with Crippen molar-refractivity contribution >= 4 is 0 Å². The number of hydrogen-bond acceptors (Lipinski definition) is 3. The van der Waals surface area contributed by atoms with E-state index in [2.05, 4.69) is 0 Å². The Morgan fingerprint density at radius 2 is 2.19 bits per heavy atom. The first-order valence-electron chi connectivity index (χ1n) is 5.80. The summed E-state index contributed by atoms with van der Waals surface area (Å²) in [5.74, 6) is 2.24. The zero-order chi connectivity index (χ0) is 11.1. The monoisotopic (exact) mass is 220 g/mol. The minimum atomic E-state index is -0.413.